The van der Waals surface area contributed by atoms with Crippen LogP contribution in [0.3, 0.4) is 0 Å². The van der Waals surface area contributed by atoms with Crippen LogP contribution in [0.2, 0.25) is 0 Å². The molecule has 60 valence electrons. The van der Waals surface area contributed by atoms with Crippen molar-refractivity contribution in [2.45, 2.75) is 4.90 Å². The lowest BCUT2D eigenvalue weighted by Gasteiger charge is -1.99. The SMILES string of the molecule is CSc1ccnc2cccnc12. The van der Waals surface area contributed by atoms with Crippen molar-refractivity contribution >= 4 is 22.8 Å². The summed E-state index contributed by atoms with van der Waals surface area (Å²) < 4.78 is 0. The number of hydrogen-bond donors (Lipinski definition) is 0. The van der Waals surface area contributed by atoms with Crippen molar-refractivity contribution in [2.24, 2.45) is 0 Å². The molecule has 0 aliphatic rings. The fourth-order valence-electron chi connectivity index (χ4n) is 1.12. The van der Waals surface area contributed by atoms with E-state index in [1.165, 1.54) is 4.90 Å². The maximum Gasteiger partial charge on any atom is 0.102 e. The highest BCUT2D eigenvalue weighted by Crippen LogP contribution is 2.21. The fourth-order valence-corrected chi connectivity index (χ4v) is 1.67. The molecule has 2 heterocycles. The minimum atomic E-state index is 0.962. The van der Waals surface area contributed by atoms with Crippen LogP contribution in [0.4, 0.5) is 0 Å². The number of aromatic nitrogens is 2. The van der Waals surface area contributed by atoms with Crippen LogP contribution in [0.5, 0.6) is 0 Å². The van der Waals surface area contributed by atoms with Crippen LogP contribution < -0.4 is 0 Å². The summed E-state index contributed by atoms with van der Waals surface area (Å²) >= 11 is 1.70. The van der Waals surface area contributed by atoms with E-state index in [4.69, 9.17) is 0 Å². The molecule has 2 rings (SSSR count). The number of thioether (sulfide) groups is 1. The van der Waals surface area contributed by atoms with Crippen molar-refractivity contribution in [3.63, 3.8) is 0 Å². The highest BCUT2D eigenvalue weighted by molar-refractivity contribution is 7.98. The predicted molar refractivity (Wildman–Crippen MR) is 51.3 cm³/mol. The van der Waals surface area contributed by atoms with Gasteiger partial charge in [-0.2, -0.15) is 0 Å². The van der Waals surface area contributed by atoms with E-state index in [-0.39, 0.29) is 0 Å². The Labute approximate surface area is 75.0 Å². The van der Waals surface area contributed by atoms with E-state index in [0.29, 0.717) is 0 Å². The van der Waals surface area contributed by atoms with Gasteiger partial charge in [0.05, 0.1) is 5.52 Å². The predicted octanol–water partition coefficient (Wildman–Crippen LogP) is 2.35. The number of rotatable bonds is 1. The van der Waals surface area contributed by atoms with Gasteiger partial charge in [-0.15, -0.1) is 11.8 Å². The molecular formula is C9H8N2S. The van der Waals surface area contributed by atoms with Crippen LogP contribution in [-0.2, 0) is 0 Å². The molecule has 0 saturated carbocycles. The number of nitrogens with zero attached hydrogens (tertiary/aromatic N) is 2. The first-order valence-corrected chi connectivity index (χ1v) is 4.88. The summed E-state index contributed by atoms with van der Waals surface area (Å²) in [4.78, 5) is 9.66. The Morgan fingerprint density at radius 1 is 1.17 bits per heavy atom. The van der Waals surface area contributed by atoms with Crippen molar-refractivity contribution in [1.82, 2.24) is 9.97 Å². The van der Waals surface area contributed by atoms with Crippen molar-refractivity contribution < 1.29 is 0 Å². The van der Waals surface area contributed by atoms with Gasteiger partial charge in [-0.05, 0) is 24.5 Å². The van der Waals surface area contributed by atoms with Crippen molar-refractivity contribution in [1.29, 1.82) is 0 Å². The Bertz CT molecular complexity index is 395. The van der Waals surface area contributed by atoms with Crippen molar-refractivity contribution in [3.05, 3.63) is 30.6 Å². The smallest absolute Gasteiger partial charge is 0.102 e. The van der Waals surface area contributed by atoms with E-state index in [9.17, 15) is 0 Å². The average molecular weight is 176 g/mol. The van der Waals surface area contributed by atoms with Gasteiger partial charge >= 0.3 is 0 Å². The first-order valence-electron chi connectivity index (χ1n) is 3.65. The number of hydrogen-bond acceptors (Lipinski definition) is 3. The first kappa shape index (κ1) is 7.55. The molecule has 2 aromatic heterocycles. The van der Waals surface area contributed by atoms with Gasteiger partial charge in [-0.1, -0.05) is 0 Å². The Hall–Kier alpha value is -1.09. The lowest BCUT2D eigenvalue weighted by atomic mass is 10.3. The summed E-state index contributed by atoms with van der Waals surface area (Å²) in [5.74, 6) is 0. The molecule has 0 unspecified atom stereocenters. The highest BCUT2D eigenvalue weighted by Gasteiger charge is 1.99. The van der Waals surface area contributed by atoms with Gasteiger partial charge in [0, 0.05) is 17.3 Å². The van der Waals surface area contributed by atoms with Gasteiger partial charge in [0.1, 0.15) is 5.52 Å². The zero-order chi connectivity index (χ0) is 8.39. The molecule has 0 atom stereocenters. The summed E-state index contributed by atoms with van der Waals surface area (Å²) in [7, 11) is 0. The van der Waals surface area contributed by atoms with Crippen LogP contribution in [0.25, 0.3) is 11.0 Å². The monoisotopic (exact) mass is 176 g/mol. The molecule has 0 radical (unpaired) electrons. The quantitative estimate of drug-likeness (QED) is 0.624. The Kier molecular flexibility index (Phi) is 1.96. The Morgan fingerprint density at radius 3 is 2.92 bits per heavy atom. The third-order valence-electron chi connectivity index (χ3n) is 1.68. The minimum absolute atomic E-state index is 0.962. The molecule has 0 aliphatic heterocycles. The summed E-state index contributed by atoms with van der Waals surface area (Å²) in [6, 6.07) is 5.86. The maximum absolute atomic E-state index is 4.27. The van der Waals surface area contributed by atoms with E-state index in [0.717, 1.165) is 11.0 Å². The molecule has 0 amide bonds. The molecule has 3 heteroatoms. The van der Waals surface area contributed by atoms with Crippen molar-refractivity contribution in [3.8, 4) is 0 Å². The summed E-state index contributed by atoms with van der Waals surface area (Å²) in [5.41, 5.74) is 1.96. The standard InChI is InChI=1S/C9H8N2S/c1-12-8-4-6-10-7-3-2-5-11-9(7)8/h2-6H,1H3. The van der Waals surface area contributed by atoms with E-state index >= 15 is 0 Å². The molecule has 0 aromatic carbocycles. The zero-order valence-electron chi connectivity index (χ0n) is 6.69. The first-order chi connectivity index (χ1) is 5.92. The lowest BCUT2D eigenvalue weighted by Crippen LogP contribution is -1.83. The summed E-state index contributed by atoms with van der Waals surface area (Å²) in [5, 5.41) is 0. The molecular weight excluding hydrogens is 168 g/mol. The van der Waals surface area contributed by atoms with Crippen LogP contribution in [0.1, 0.15) is 0 Å². The molecule has 0 fully saturated rings. The molecule has 0 saturated heterocycles. The third kappa shape index (κ3) is 1.16. The van der Waals surface area contributed by atoms with E-state index in [1.807, 2.05) is 30.7 Å². The molecule has 0 spiro atoms. The van der Waals surface area contributed by atoms with Gasteiger partial charge < -0.3 is 0 Å². The van der Waals surface area contributed by atoms with Crippen LogP contribution in [0, 0.1) is 0 Å². The Morgan fingerprint density at radius 2 is 2.08 bits per heavy atom. The topological polar surface area (TPSA) is 25.8 Å². The lowest BCUT2D eigenvalue weighted by molar-refractivity contribution is 1.28. The molecule has 2 aromatic rings. The second kappa shape index (κ2) is 3.11. The zero-order valence-corrected chi connectivity index (χ0v) is 7.51. The highest BCUT2D eigenvalue weighted by atomic mass is 32.2. The minimum Gasteiger partial charge on any atom is -0.255 e. The number of pyridine rings is 2. The van der Waals surface area contributed by atoms with Crippen LogP contribution in [-0.4, -0.2) is 16.2 Å². The van der Waals surface area contributed by atoms with E-state index < -0.39 is 0 Å². The third-order valence-corrected chi connectivity index (χ3v) is 2.45. The molecule has 0 N–H and O–H groups in total. The van der Waals surface area contributed by atoms with Gasteiger partial charge in [0.15, 0.2) is 0 Å². The average Bonchev–Trinajstić information content (AvgIpc) is 2.17. The van der Waals surface area contributed by atoms with Gasteiger partial charge in [-0.25, -0.2) is 0 Å². The van der Waals surface area contributed by atoms with Gasteiger partial charge in [-0.3, -0.25) is 9.97 Å². The second-order valence-electron chi connectivity index (χ2n) is 2.38. The second-order valence-corrected chi connectivity index (χ2v) is 3.23. The van der Waals surface area contributed by atoms with Gasteiger partial charge in [0.25, 0.3) is 0 Å². The maximum atomic E-state index is 4.27. The fraction of sp³-hybridized carbons (Fsp3) is 0.111. The van der Waals surface area contributed by atoms with Crippen molar-refractivity contribution in [2.75, 3.05) is 6.26 Å². The van der Waals surface area contributed by atoms with Crippen LogP contribution in [0.15, 0.2) is 35.5 Å². The van der Waals surface area contributed by atoms with E-state index in [1.54, 1.807) is 18.0 Å². The van der Waals surface area contributed by atoms with Gasteiger partial charge in [0.2, 0.25) is 0 Å². The molecule has 2 nitrogen and oxygen atoms in total. The summed E-state index contributed by atoms with van der Waals surface area (Å²) in [6.45, 7) is 0. The van der Waals surface area contributed by atoms with Crippen LogP contribution >= 0.6 is 11.8 Å². The molecule has 0 aliphatic carbocycles. The summed E-state index contributed by atoms with van der Waals surface area (Å²) in [6.07, 6.45) is 5.66. The van der Waals surface area contributed by atoms with E-state index in [2.05, 4.69) is 9.97 Å². The molecule has 0 bridgehead atoms. The Balaban J connectivity index is 2.79. The normalized spacial score (nSPS) is 10.4. The number of fused-ring (bicyclic) bond motifs is 1. The largest absolute Gasteiger partial charge is 0.255 e. The molecule has 12 heavy (non-hydrogen) atoms.